The van der Waals surface area contributed by atoms with Gasteiger partial charge < -0.3 is 24.5 Å². The van der Waals surface area contributed by atoms with E-state index in [1.807, 2.05) is 35.2 Å². The summed E-state index contributed by atoms with van der Waals surface area (Å²) in [6, 6.07) is 9.70. The molecule has 0 spiro atoms. The van der Waals surface area contributed by atoms with Crippen LogP contribution in [0.15, 0.2) is 30.3 Å². The molecule has 2 aliphatic rings. The summed E-state index contributed by atoms with van der Waals surface area (Å²) in [5.41, 5.74) is 0. The lowest BCUT2D eigenvalue weighted by Crippen LogP contribution is -2.47. The van der Waals surface area contributed by atoms with Crippen LogP contribution in [0.25, 0.3) is 0 Å². The van der Waals surface area contributed by atoms with Crippen molar-refractivity contribution in [3.05, 3.63) is 30.3 Å². The lowest BCUT2D eigenvalue weighted by atomic mass is 9.96. The fraction of sp³-hybridized carbons (Fsp3) is 0.667. The maximum atomic E-state index is 12.6. The minimum absolute atomic E-state index is 0.166. The van der Waals surface area contributed by atoms with Crippen molar-refractivity contribution in [2.24, 2.45) is 11.8 Å². The van der Waals surface area contributed by atoms with Crippen LogP contribution in [0, 0.1) is 11.8 Å². The Morgan fingerprint density at radius 3 is 2.52 bits per heavy atom. The van der Waals surface area contributed by atoms with E-state index < -0.39 is 0 Å². The molecule has 27 heavy (non-hydrogen) atoms. The minimum atomic E-state index is 0.166. The summed E-state index contributed by atoms with van der Waals surface area (Å²) in [4.78, 5) is 19.3. The van der Waals surface area contributed by atoms with E-state index in [9.17, 15) is 9.90 Å². The topological polar surface area (TPSA) is 56.2 Å². The fourth-order valence-corrected chi connectivity index (χ4v) is 4.01. The van der Waals surface area contributed by atoms with E-state index in [4.69, 9.17) is 4.74 Å². The number of benzene rings is 1. The highest BCUT2D eigenvalue weighted by Crippen LogP contribution is 2.25. The predicted molar refractivity (Wildman–Crippen MR) is 106 cm³/mol. The average Bonchev–Trinajstić information content (AvgIpc) is 3.10. The summed E-state index contributed by atoms with van der Waals surface area (Å²) >= 11 is 0. The number of hydrogen-bond donors (Lipinski definition) is 1. The van der Waals surface area contributed by atoms with Crippen molar-refractivity contribution in [1.82, 2.24) is 14.7 Å². The first kappa shape index (κ1) is 20.1. The van der Waals surface area contributed by atoms with E-state index in [1.54, 1.807) is 0 Å². The number of nitrogens with zero attached hydrogens (tertiary/aromatic N) is 3. The van der Waals surface area contributed by atoms with Gasteiger partial charge in [-0.15, -0.1) is 0 Å². The molecule has 0 saturated carbocycles. The molecule has 0 bridgehead atoms. The number of para-hydroxylation sites is 1. The molecule has 1 amide bonds. The highest BCUT2D eigenvalue weighted by atomic mass is 16.5. The van der Waals surface area contributed by atoms with Gasteiger partial charge in [-0.2, -0.15) is 0 Å². The number of rotatable bonds is 8. The molecule has 2 heterocycles. The van der Waals surface area contributed by atoms with Crippen molar-refractivity contribution in [3.63, 3.8) is 0 Å². The molecule has 2 fully saturated rings. The van der Waals surface area contributed by atoms with Crippen molar-refractivity contribution < 1.29 is 14.6 Å². The molecule has 2 saturated heterocycles. The van der Waals surface area contributed by atoms with Crippen molar-refractivity contribution in [3.8, 4) is 5.75 Å². The molecule has 0 unspecified atom stereocenters. The van der Waals surface area contributed by atoms with Gasteiger partial charge in [-0.05, 0) is 31.5 Å². The molecular weight excluding hydrogens is 342 g/mol. The molecule has 3 rings (SSSR count). The quantitative estimate of drug-likeness (QED) is 0.691. The number of ether oxygens (including phenoxy) is 1. The summed E-state index contributed by atoms with van der Waals surface area (Å²) in [5.74, 6) is 1.61. The molecule has 6 nitrogen and oxygen atoms in total. The van der Waals surface area contributed by atoms with Crippen molar-refractivity contribution >= 4 is 5.91 Å². The first-order chi connectivity index (χ1) is 13.2. The third kappa shape index (κ3) is 5.92. The molecule has 2 atom stereocenters. The smallest absolute Gasteiger partial charge is 0.222 e. The predicted octanol–water partition coefficient (Wildman–Crippen LogP) is 1.16. The molecule has 150 valence electrons. The van der Waals surface area contributed by atoms with E-state index >= 15 is 0 Å². The van der Waals surface area contributed by atoms with Crippen molar-refractivity contribution in [2.45, 2.75) is 12.8 Å². The van der Waals surface area contributed by atoms with Crippen LogP contribution in [0.5, 0.6) is 5.75 Å². The Labute approximate surface area is 162 Å². The fourth-order valence-electron chi connectivity index (χ4n) is 4.01. The Kier molecular flexibility index (Phi) is 7.50. The standard InChI is InChI=1S/C21H33N3O3/c1-22-9-11-23(12-10-22)14-18-15-24(16-19(18)17-25)21(26)8-5-13-27-20-6-3-2-4-7-20/h2-4,6-7,18-19,25H,5,8-17H2,1H3/t18-,19-/m1/s1. The molecule has 2 aliphatic heterocycles. The summed E-state index contributed by atoms with van der Waals surface area (Å²) in [6.07, 6.45) is 1.23. The van der Waals surface area contributed by atoms with Crippen molar-refractivity contribution in [1.29, 1.82) is 0 Å². The van der Waals surface area contributed by atoms with Crippen LogP contribution < -0.4 is 4.74 Å². The molecule has 1 aromatic carbocycles. The van der Waals surface area contributed by atoms with Gasteiger partial charge in [-0.3, -0.25) is 4.79 Å². The lowest BCUT2D eigenvalue weighted by molar-refractivity contribution is -0.130. The van der Waals surface area contributed by atoms with Gasteiger partial charge in [0.15, 0.2) is 0 Å². The molecule has 0 radical (unpaired) electrons. The van der Waals surface area contributed by atoms with Crippen LogP contribution in [0.2, 0.25) is 0 Å². The van der Waals surface area contributed by atoms with Crippen molar-refractivity contribution in [2.75, 3.05) is 66.1 Å². The maximum Gasteiger partial charge on any atom is 0.222 e. The molecule has 6 heteroatoms. The summed E-state index contributed by atoms with van der Waals surface area (Å²) < 4.78 is 5.67. The Balaban J connectivity index is 1.39. The lowest BCUT2D eigenvalue weighted by Gasteiger charge is -2.34. The third-order valence-electron chi connectivity index (χ3n) is 5.80. The van der Waals surface area contributed by atoms with Gasteiger partial charge in [0.25, 0.3) is 0 Å². The Bertz CT molecular complexity index is 575. The molecule has 1 aromatic rings. The molecule has 0 aromatic heterocycles. The second-order valence-electron chi connectivity index (χ2n) is 7.87. The first-order valence-electron chi connectivity index (χ1n) is 10.1. The second-order valence-corrected chi connectivity index (χ2v) is 7.87. The number of piperazine rings is 1. The number of likely N-dealkylation sites (tertiary alicyclic amines) is 1. The highest BCUT2D eigenvalue weighted by Gasteiger charge is 2.35. The van der Waals surface area contributed by atoms with Crippen LogP contribution in [0.1, 0.15) is 12.8 Å². The van der Waals surface area contributed by atoms with E-state index in [0.29, 0.717) is 25.5 Å². The minimum Gasteiger partial charge on any atom is -0.494 e. The number of carbonyl (C=O) groups is 1. The second kappa shape index (κ2) is 10.1. The van der Waals surface area contributed by atoms with E-state index in [2.05, 4.69) is 16.8 Å². The number of carbonyl (C=O) groups excluding carboxylic acids is 1. The zero-order valence-corrected chi connectivity index (χ0v) is 16.4. The summed E-state index contributed by atoms with van der Waals surface area (Å²) in [5, 5.41) is 9.76. The number of hydrogen-bond acceptors (Lipinski definition) is 5. The van der Waals surface area contributed by atoms with Gasteiger partial charge in [0.2, 0.25) is 5.91 Å². The maximum absolute atomic E-state index is 12.6. The number of aliphatic hydroxyl groups is 1. The Hall–Kier alpha value is -1.63. The third-order valence-corrected chi connectivity index (χ3v) is 5.80. The van der Waals surface area contributed by atoms with E-state index in [-0.39, 0.29) is 18.4 Å². The molecular formula is C21H33N3O3. The van der Waals surface area contributed by atoms with Crippen LogP contribution in [-0.4, -0.2) is 91.8 Å². The van der Waals surface area contributed by atoms with Crippen LogP contribution >= 0.6 is 0 Å². The number of amides is 1. The SMILES string of the molecule is CN1CCN(C[C@@H]2CN(C(=O)CCCOc3ccccc3)C[C@@H]2CO)CC1. The average molecular weight is 376 g/mol. The highest BCUT2D eigenvalue weighted by molar-refractivity contribution is 5.76. The number of aliphatic hydroxyl groups excluding tert-OH is 1. The van der Waals surface area contributed by atoms with Gasteiger partial charge in [0, 0.05) is 64.8 Å². The Morgan fingerprint density at radius 1 is 1.11 bits per heavy atom. The van der Waals surface area contributed by atoms with Crippen LogP contribution in [0.4, 0.5) is 0 Å². The summed E-state index contributed by atoms with van der Waals surface area (Å²) in [6.45, 7) is 7.52. The zero-order valence-electron chi connectivity index (χ0n) is 16.4. The largest absolute Gasteiger partial charge is 0.494 e. The van der Waals surface area contributed by atoms with E-state index in [1.165, 1.54) is 0 Å². The van der Waals surface area contributed by atoms with Gasteiger partial charge in [0.05, 0.1) is 6.61 Å². The normalized spacial score (nSPS) is 24.3. The van der Waals surface area contributed by atoms with Gasteiger partial charge in [0.1, 0.15) is 5.75 Å². The monoisotopic (exact) mass is 375 g/mol. The van der Waals surface area contributed by atoms with Gasteiger partial charge in [-0.25, -0.2) is 0 Å². The summed E-state index contributed by atoms with van der Waals surface area (Å²) in [7, 11) is 2.16. The molecule has 0 aliphatic carbocycles. The number of likely N-dealkylation sites (N-methyl/N-ethyl adjacent to an activating group) is 1. The van der Waals surface area contributed by atoms with Crippen LogP contribution in [-0.2, 0) is 4.79 Å². The van der Waals surface area contributed by atoms with Gasteiger partial charge >= 0.3 is 0 Å². The van der Waals surface area contributed by atoms with Gasteiger partial charge in [-0.1, -0.05) is 18.2 Å². The van der Waals surface area contributed by atoms with E-state index in [0.717, 1.165) is 51.4 Å². The van der Waals surface area contributed by atoms with Crippen LogP contribution in [0.3, 0.4) is 0 Å². The Morgan fingerprint density at radius 2 is 1.81 bits per heavy atom. The first-order valence-corrected chi connectivity index (χ1v) is 10.1. The zero-order chi connectivity index (χ0) is 19.1. The molecule has 1 N–H and O–H groups in total.